The van der Waals surface area contributed by atoms with Crippen LogP contribution in [0, 0.1) is 18.4 Å². The van der Waals surface area contributed by atoms with Crippen LogP contribution in [0.4, 0.5) is 0 Å². The molecule has 2 aliphatic heterocycles. The van der Waals surface area contributed by atoms with Crippen molar-refractivity contribution in [3.8, 4) is 0 Å². The maximum Gasteiger partial charge on any atom is 0.396 e. The Balaban J connectivity index is 0.000000180. The van der Waals surface area contributed by atoms with Crippen LogP contribution < -0.4 is 0 Å². The maximum atomic E-state index is 13.0. The summed E-state index contributed by atoms with van der Waals surface area (Å²) in [6.07, 6.45) is 14.8. The number of piperidine rings is 2. The molecule has 0 radical (unpaired) electrons. The van der Waals surface area contributed by atoms with E-state index in [9.17, 15) is 14.4 Å². The Morgan fingerprint density at radius 2 is 1.37 bits per heavy atom. The number of nitrogens with zero attached hydrogens (tertiary/aromatic N) is 3. The Morgan fingerprint density at radius 3 is 1.88 bits per heavy atom. The van der Waals surface area contributed by atoms with Crippen molar-refractivity contribution in [2.75, 3.05) is 19.7 Å². The summed E-state index contributed by atoms with van der Waals surface area (Å²) in [5, 5.41) is 3.75. The summed E-state index contributed by atoms with van der Waals surface area (Å²) in [5.41, 5.74) is 1.46. The minimum absolute atomic E-state index is 0.0479. The molecule has 2 saturated heterocycles. The van der Waals surface area contributed by atoms with Crippen LogP contribution in [0.1, 0.15) is 116 Å². The maximum absolute atomic E-state index is 13.0. The molecule has 10 heteroatoms. The zero-order chi connectivity index (χ0) is 30.3. The molecule has 2 aromatic heterocycles. The normalized spacial score (nSPS) is 25.7. The van der Waals surface area contributed by atoms with Crippen molar-refractivity contribution in [1.29, 1.82) is 0 Å². The van der Waals surface area contributed by atoms with E-state index < -0.39 is 12.0 Å². The number of hydrogen-bond acceptors (Lipinski definition) is 6. The molecule has 43 heavy (non-hydrogen) atoms. The molecule has 2 aromatic rings. The minimum atomic E-state index is -0.963. The van der Waals surface area contributed by atoms with Gasteiger partial charge in [0.1, 0.15) is 0 Å². The highest BCUT2D eigenvalue weighted by Crippen LogP contribution is 2.38. The van der Waals surface area contributed by atoms with E-state index in [0.717, 1.165) is 41.2 Å². The lowest BCUT2D eigenvalue weighted by atomic mass is 9.78. The van der Waals surface area contributed by atoms with Crippen molar-refractivity contribution in [3.63, 3.8) is 0 Å². The van der Waals surface area contributed by atoms with Crippen molar-refractivity contribution >= 4 is 56.4 Å². The van der Waals surface area contributed by atoms with Gasteiger partial charge in [-0.2, -0.15) is 0 Å². The lowest BCUT2D eigenvalue weighted by Gasteiger charge is -2.44. The average molecular weight is 689 g/mol. The fourth-order valence-electron chi connectivity index (χ4n) is 7.57. The van der Waals surface area contributed by atoms with Crippen molar-refractivity contribution in [1.82, 2.24) is 9.80 Å². The van der Waals surface area contributed by atoms with Crippen LogP contribution in [-0.2, 0) is 9.53 Å². The number of hydrogen-bond donors (Lipinski definition) is 0. The number of amides is 2. The molecule has 232 valence electrons. The monoisotopic (exact) mass is 687 g/mol. The summed E-state index contributed by atoms with van der Waals surface area (Å²) in [5.74, 6) is 1.16. The van der Waals surface area contributed by atoms with E-state index in [4.69, 9.17) is 11.3 Å². The van der Waals surface area contributed by atoms with E-state index in [0.29, 0.717) is 28.4 Å². The quantitative estimate of drug-likeness (QED) is 0.234. The number of thiophene rings is 2. The van der Waals surface area contributed by atoms with Gasteiger partial charge in [-0.15, -0.1) is 22.7 Å². The second-order valence-electron chi connectivity index (χ2n) is 12.2. The number of carbonyl (C=O) groups excluding carboxylic acids is 3. The molecule has 7 nitrogen and oxygen atoms in total. The second-order valence-corrected chi connectivity index (χ2v) is 15.4. The number of rotatable bonds is 5. The predicted octanol–water partition coefficient (Wildman–Crippen LogP) is 8.37. The lowest BCUT2D eigenvalue weighted by Crippen LogP contribution is -2.49. The van der Waals surface area contributed by atoms with Gasteiger partial charge >= 0.3 is 12.0 Å². The molecule has 5 atom stereocenters. The Kier molecular flexibility index (Phi) is 11.4. The molecule has 0 bridgehead atoms. The SMILES string of the molecule is O=C(c1csc(Br)c1)N1CCCC2CCCCC21.[C-]#[N+]C(C(=O)OCC)c1cc(C(=O)N2CCCC3CCCCC32)cs1. The summed E-state index contributed by atoms with van der Waals surface area (Å²) in [4.78, 5) is 45.7. The second kappa shape index (κ2) is 15.2. The van der Waals surface area contributed by atoms with Crippen LogP contribution in [0.3, 0.4) is 0 Å². The third-order valence-corrected chi connectivity index (χ3v) is 12.1. The van der Waals surface area contributed by atoms with Crippen LogP contribution in [-0.4, -0.2) is 59.4 Å². The first-order chi connectivity index (χ1) is 20.9. The number of carbonyl (C=O) groups is 3. The Labute approximate surface area is 271 Å². The largest absolute Gasteiger partial charge is 0.460 e. The van der Waals surface area contributed by atoms with E-state index in [2.05, 4.69) is 25.7 Å². The molecule has 0 aromatic carbocycles. The number of ether oxygens (including phenoxy) is 1. The van der Waals surface area contributed by atoms with Gasteiger partial charge in [0.25, 0.3) is 11.8 Å². The molecule has 2 aliphatic carbocycles. The Hall–Kier alpha value is -2.22. The zero-order valence-electron chi connectivity index (χ0n) is 25.0. The summed E-state index contributed by atoms with van der Waals surface area (Å²) in [6.45, 7) is 11.0. The first-order valence-electron chi connectivity index (χ1n) is 15.9. The zero-order valence-corrected chi connectivity index (χ0v) is 28.2. The summed E-state index contributed by atoms with van der Waals surface area (Å²) in [6, 6.07) is 3.58. The van der Waals surface area contributed by atoms with Crippen molar-refractivity contribution in [3.05, 3.63) is 54.1 Å². The topological polar surface area (TPSA) is 71.3 Å². The third kappa shape index (κ3) is 7.54. The molecule has 0 spiro atoms. The highest BCUT2D eigenvalue weighted by molar-refractivity contribution is 9.11. The highest BCUT2D eigenvalue weighted by atomic mass is 79.9. The van der Waals surface area contributed by atoms with Gasteiger partial charge in [0.05, 0.1) is 26.4 Å². The number of likely N-dealkylation sites (tertiary alicyclic amines) is 2. The molecular weight excluding hydrogens is 646 g/mol. The van der Waals surface area contributed by atoms with E-state index >= 15 is 0 Å². The van der Waals surface area contributed by atoms with E-state index in [1.807, 2.05) is 16.3 Å². The molecule has 6 rings (SSSR count). The van der Waals surface area contributed by atoms with Crippen molar-refractivity contribution in [2.45, 2.75) is 102 Å². The van der Waals surface area contributed by atoms with Gasteiger partial charge in [0, 0.05) is 35.9 Å². The van der Waals surface area contributed by atoms with Gasteiger partial charge in [0.2, 0.25) is 0 Å². The molecule has 4 fully saturated rings. The Bertz CT molecular complexity index is 1320. The fourth-order valence-corrected chi connectivity index (χ4v) is 9.60. The van der Waals surface area contributed by atoms with Crippen LogP contribution >= 0.6 is 38.6 Å². The fraction of sp³-hybridized carbons (Fsp3) is 0.636. The standard InChI is InChI=1S/C19H24N2O3S.C14H18BrNOS/c1-3-24-19(23)17(20-2)16-11-14(12-25-16)18(22)21-10-6-8-13-7-4-5-9-15(13)21;15-13-8-11(9-18-13)14(17)16-7-3-5-10-4-1-2-6-12(10)16/h11-13,15,17H,3-10H2,1H3;8-10,12H,1-7H2. The molecule has 4 heterocycles. The molecule has 0 N–H and O–H groups in total. The molecule has 2 amide bonds. The highest BCUT2D eigenvalue weighted by Gasteiger charge is 2.38. The summed E-state index contributed by atoms with van der Waals surface area (Å²) >= 11 is 6.33. The minimum Gasteiger partial charge on any atom is -0.460 e. The van der Waals surface area contributed by atoms with Gasteiger partial charge in [-0.05, 0) is 98.2 Å². The summed E-state index contributed by atoms with van der Waals surface area (Å²) < 4.78 is 6.01. The molecule has 4 aliphatic rings. The van der Waals surface area contributed by atoms with Crippen LogP contribution in [0.25, 0.3) is 4.85 Å². The van der Waals surface area contributed by atoms with Gasteiger partial charge in [-0.1, -0.05) is 25.7 Å². The molecule has 2 saturated carbocycles. The van der Waals surface area contributed by atoms with Crippen LogP contribution in [0.15, 0.2) is 26.7 Å². The van der Waals surface area contributed by atoms with Gasteiger partial charge < -0.3 is 14.5 Å². The molecular formula is C33H42BrN3O4S2. The Morgan fingerprint density at radius 1 is 0.860 bits per heavy atom. The third-order valence-electron chi connectivity index (χ3n) is 9.60. The van der Waals surface area contributed by atoms with E-state index in [1.165, 1.54) is 75.5 Å². The number of halogens is 1. The van der Waals surface area contributed by atoms with Crippen LogP contribution in [0.5, 0.6) is 0 Å². The van der Waals surface area contributed by atoms with Gasteiger partial charge in [0.15, 0.2) is 0 Å². The first kappa shape index (κ1) is 32.2. The smallest absolute Gasteiger partial charge is 0.396 e. The predicted molar refractivity (Wildman–Crippen MR) is 174 cm³/mol. The lowest BCUT2D eigenvalue weighted by molar-refractivity contribution is -0.143. The number of fused-ring (bicyclic) bond motifs is 2. The first-order valence-corrected chi connectivity index (χ1v) is 18.4. The average Bonchev–Trinajstić information content (AvgIpc) is 3.70. The number of esters is 1. The van der Waals surface area contributed by atoms with E-state index in [1.54, 1.807) is 29.7 Å². The van der Waals surface area contributed by atoms with Gasteiger partial charge in [-0.25, -0.2) is 11.4 Å². The van der Waals surface area contributed by atoms with E-state index in [-0.39, 0.29) is 18.4 Å². The van der Waals surface area contributed by atoms with Crippen LogP contribution in [0.2, 0.25) is 0 Å². The van der Waals surface area contributed by atoms with Crippen molar-refractivity contribution in [2.24, 2.45) is 11.8 Å². The summed E-state index contributed by atoms with van der Waals surface area (Å²) in [7, 11) is 0. The molecule has 5 unspecified atom stereocenters. The van der Waals surface area contributed by atoms with Crippen molar-refractivity contribution < 1.29 is 19.1 Å². The van der Waals surface area contributed by atoms with Gasteiger partial charge in [-0.3, -0.25) is 14.4 Å².